The van der Waals surface area contributed by atoms with Crippen LogP contribution in [0.15, 0.2) is 12.5 Å². The Hall–Kier alpha value is -4.06. The van der Waals surface area contributed by atoms with Crippen LogP contribution in [0.4, 0.5) is 0 Å². The van der Waals surface area contributed by atoms with Crippen molar-refractivity contribution < 1.29 is 57.6 Å². The Morgan fingerprint density at radius 2 is 1.15 bits per heavy atom. The number of nitrogens with zero attached hydrogens (tertiary/aromatic N) is 1. The number of H-pyrrole nitrogens is 1. The van der Waals surface area contributed by atoms with E-state index in [0.29, 0.717) is 58.1 Å². The number of aromatic amines is 1. The number of aryl methyl sites for hydroxylation is 1. The Bertz CT molecular complexity index is 1430. The van der Waals surface area contributed by atoms with Crippen LogP contribution in [0, 0.1) is 11.8 Å². The molecular formula is C48H83N5O12. The molecule has 6 N–H and O–H groups in total. The highest BCUT2D eigenvalue weighted by molar-refractivity contribution is 5.86. The fourth-order valence-electron chi connectivity index (χ4n) is 7.13. The maximum absolute atomic E-state index is 12.4. The van der Waals surface area contributed by atoms with E-state index < -0.39 is 23.7 Å². The van der Waals surface area contributed by atoms with Crippen LogP contribution in [-0.2, 0) is 58.9 Å². The third-order valence-electron chi connectivity index (χ3n) is 11.1. The van der Waals surface area contributed by atoms with E-state index in [2.05, 4.69) is 27.5 Å². The van der Waals surface area contributed by atoms with E-state index in [4.69, 9.17) is 24.7 Å². The van der Waals surface area contributed by atoms with Crippen molar-refractivity contribution in [2.24, 2.45) is 17.6 Å². The number of carbonyl (C=O) groups is 7. The van der Waals surface area contributed by atoms with Crippen LogP contribution < -0.4 is 16.4 Å². The fourth-order valence-corrected chi connectivity index (χ4v) is 7.13. The predicted molar refractivity (Wildman–Crippen MR) is 247 cm³/mol. The van der Waals surface area contributed by atoms with E-state index >= 15 is 0 Å². The minimum absolute atomic E-state index is 0.0131. The first-order valence-electron chi connectivity index (χ1n) is 24.4. The van der Waals surface area contributed by atoms with Crippen molar-refractivity contribution >= 4 is 41.0 Å². The van der Waals surface area contributed by atoms with Gasteiger partial charge in [0.1, 0.15) is 24.8 Å². The second kappa shape index (κ2) is 41.4. The number of carboxylic acids is 1. The minimum Gasteiger partial charge on any atom is -0.481 e. The van der Waals surface area contributed by atoms with E-state index in [1.807, 2.05) is 0 Å². The second-order valence-electron chi connectivity index (χ2n) is 16.9. The molecule has 0 aliphatic carbocycles. The summed E-state index contributed by atoms with van der Waals surface area (Å²) in [6, 6.07) is 0. The maximum Gasteiger partial charge on any atom is 0.306 e. The van der Waals surface area contributed by atoms with Gasteiger partial charge in [-0.2, -0.15) is 0 Å². The van der Waals surface area contributed by atoms with E-state index in [0.717, 1.165) is 25.0 Å². The van der Waals surface area contributed by atoms with Crippen LogP contribution in [-0.4, -0.2) is 122 Å². The topological polar surface area (TPSA) is 255 Å². The molecule has 1 aromatic rings. The first-order valence-corrected chi connectivity index (χ1v) is 24.4. The molecule has 0 spiro atoms. The Morgan fingerprint density at radius 1 is 0.585 bits per heavy atom. The zero-order valence-corrected chi connectivity index (χ0v) is 39.5. The molecule has 65 heavy (non-hydrogen) atoms. The van der Waals surface area contributed by atoms with Gasteiger partial charge in [0.2, 0.25) is 17.7 Å². The fraction of sp³-hybridized carbons (Fsp3) is 0.792. The van der Waals surface area contributed by atoms with Gasteiger partial charge in [-0.05, 0) is 38.5 Å². The molecule has 0 radical (unpaired) electrons. The van der Waals surface area contributed by atoms with Crippen molar-refractivity contribution in [1.29, 1.82) is 0 Å². The van der Waals surface area contributed by atoms with Gasteiger partial charge >= 0.3 is 5.97 Å². The molecule has 17 heteroatoms. The normalized spacial score (nSPS) is 12.1. The van der Waals surface area contributed by atoms with Crippen LogP contribution in [0.1, 0.15) is 167 Å². The number of Topliss-reactive ketones (excluding diaryl/α,β-unsaturated/α-hetero) is 3. The van der Waals surface area contributed by atoms with Crippen molar-refractivity contribution in [1.82, 2.24) is 20.6 Å². The van der Waals surface area contributed by atoms with Gasteiger partial charge in [-0.25, -0.2) is 4.98 Å². The first kappa shape index (κ1) is 59.0. The average Bonchev–Trinajstić information content (AvgIpc) is 3.81. The number of ketones is 3. The number of nitrogens with two attached hydrogens (primary N) is 1. The smallest absolute Gasteiger partial charge is 0.306 e. The first-order chi connectivity index (χ1) is 31.5. The highest BCUT2D eigenvalue weighted by Gasteiger charge is 2.22. The van der Waals surface area contributed by atoms with Crippen LogP contribution in [0.5, 0.6) is 0 Å². The lowest BCUT2D eigenvalue weighted by atomic mass is 9.94. The SMILES string of the molecule is CCCCCCCCCCCCCCCC(=O)CC(CCC(=O)NCCOCCOCC(=O)CCCOCCOCC(=O)NCCCC[C@H](CC(=O)CCc1cnc[nH]1)C(N)=O)C(=O)O. The molecule has 17 nitrogen and oxygen atoms in total. The molecular weight excluding hydrogens is 839 g/mol. The standard InChI is InChI=1S/C48H83N5O12/c1-2-3-4-5-6-7-8-9-10-11-12-13-14-19-42(54)34-40(48(60)61)21-24-45(57)52-26-28-63-30-31-64-36-44(56)20-17-27-62-29-32-65-37-46(58)51-25-16-15-18-39(47(49)59)33-43(55)23-22-41-35-50-38-53-41/h35,38-40H,2-34,36-37H2,1H3,(H2,49,59)(H,50,53)(H,51,58)(H,52,57)(H,60,61)/t39-,40?/m1/s1. The number of aromatic nitrogens is 2. The van der Waals surface area contributed by atoms with Crippen molar-refractivity contribution in [3.05, 3.63) is 18.2 Å². The number of hydrogen-bond acceptors (Lipinski definition) is 12. The van der Waals surface area contributed by atoms with E-state index in [-0.39, 0.29) is 114 Å². The largest absolute Gasteiger partial charge is 0.481 e. The monoisotopic (exact) mass is 922 g/mol. The summed E-state index contributed by atoms with van der Waals surface area (Å²) in [5.74, 6) is -3.69. The molecule has 0 saturated heterocycles. The summed E-state index contributed by atoms with van der Waals surface area (Å²) in [6.45, 7) is 4.24. The lowest BCUT2D eigenvalue weighted by Crippen LogP contribution is -2.29. The van der Waals surface area contributed by atoms with Gasteiger partial charge in [-0.3, -0.25) is 33.6 Å². The van der Waals surface area contributed by atoms with Gasteiger partial charge in [0.25, 0.3) is 0 Å². The molecule has 2 atom stereocenters. The number of carboxylic acid groups (broad SMARTS) is 1. The lowest BCUT2D eigenvalue weighted by Gasteiger charge is -2.12. The molecule has 1 heterocycles. The second-order valence-corrected chi connectivity index (χ2v) is 16.9. The zero-order valence-electron chi connectivity index (χ0n) is 39.5. The van der Waals surface area contributed by atoms with Crippen LogP contribution >= 0.6 is 0 Å². The third-order valence-corrected chi connectivity index (χ3v) is 11.1. The van der Waals surface area contributed by atoms with Gasteiger partial charge in [0.15, 0.2) is 5.78 Å². The zero-order chi connectivity index (χ0) is 47.6. The summed E-state index contributed by atoms with van der Waals surface area (Å²) in [4.78, 5) is 91.4. The van der Waals surface area contributed by atoms with Gasteiger partial charge in [-0.1, -0.05) is 90.4 Å². The molecule has 1 aromatic heterocycles. The molecule has 0 aromatic carbocycles. The quantitative estimate of drug-likeness (QED) is 0.0461. The number of rotatable bonds is 48. The molecule has 3 amide bonds. The molecule has 372 valence electrons. The minimum atomic E-state index is -1.06. The van der Waals surface area contributed by atoms with Crippen molar-refractivity contribution in [3.8, 4) is 0 Å². The summed E-state index contributed by atoms with van der Waals surface area (Å²) in [7, 11) is 0. The Kier molecular flexibility index (Phi) is 37.5. The van der Waals surface area contributed by atoms with Crippen LogP contribution in [0.3, 0.4) is 0 Å². The van der Waals surface area contributed by atoms with Crippen molar-refractivity contribution in [2.75, 3.05) is 65.9 Å². The Labute approximate surface area is 387 Å². The lowest BCUT2D eigenvalue weighted by molar-refractivity contribution is -0.144. The van der Waals surface area contributed by atoms with Crippen LogP contribution in [0.25, 0.3) is 0 Å². The number of amides is 3. The van der Waals surface area contributed by atoms with Crippen LogP contribution in [0.2, 0.25) is 0 Å². The number of hydrogen-bond donors (Lipinski definition) is 5. The molecule has 1 rings (SSSR count). The average molecular weight is 922 g/mol. The van der Waals surface area contributed by atoms with Crippen molar-refractivity contribution in [2.45, 2.75) is 167 Å². The number of ether oxygens (including phenoxy) is 4. The molecule has 0 aliphatic rings. The number of primary amides is 1. The number of aliphatic carboxylic acids is 1. The predicted octanol–water partition coefficient (Wildman–Crippen LogP) is 6.14. The Balaban J connectivity index is 1.93. The van der Waals surface area contributed by atoms with Gasteiger partial charge < -0.3 is 45.4 Å². The number of nitrogens with one attached hydrogen (secondary N) is 3. The van der Waals surface area contributed by atoms with E-state index in [1.165, 1.54) is 64.2 Å². The molecule has 0 bridgehead atoms. The maximum atomic E-state index is 12.4. The summed E-state index contributed by atoms with van der Waals surface area (Å²) in [5, 5.41) is 15.0. The molecule has 0 aliphatic heterocycles. The molecule has 0 saturated carbocycles. The molecule has 1 unspecified atom stereocenters. The van der Waals surface area contributed by atoms with E-state index in [1.54, 1.807) is 12.5 Å². The van der Waals surface area contributed by atoms with Gasteiger partial charge in [0.05, 0.1) is 45.3 Å². The Morgan fingerprint density at radius 3 is 1.78 bits per heavy atom. The van der Waals surface area contributed by atoms with Gasteiger partial charge in [-0.15, -0.1) is 0 Å². The summed E-state index contributed by atoms with van der Waals surface area (Å²) in [6.07, 6.45) is 23.0. The third kappa shape index (κ3) is 36.8. The van der Waals surface area contributed by atoms with E-state index in [9.17, 15) is 38.7 Å². The number of imidazole rings is 1. The number of carbonyl (C=O) groups excluding carboxylic acids is 6. The van der Waals surface area contributed by atoms with Gasteiger partial charge in [0, 0.05) is 76.0 Å². The highest BCUT2D eigenvalue weighted by atomic mass is 16.5. The highest BCUT2D eigenvalue weighted by Crippen LogP contribution is 2.18. The summed E-state index contributed by atoms with van der Waals surface area (Å²) in [5.41, 5.74) is 6.36. The van der Waals surface area contributed by atoms with Crippen molar-refractivity contribution in [3.63, 3.8) is 0 Å². The summed E-state index contributed by atoms with van der Waals surface area (Å²) < 4.78 is 21.6. The molecule has 0 fully saturated rings. The number of unbranched alkanes of at least 4 members (excludes halogenated alkanes) is 13. The summed E-state index contributed by atoms with van der Waals surface area (Å²) >= 11 is 0.